The summed E-state index contributed by atoms with van der Waals surface area (Å²) in [6.07, 6.45) is -0.0569. The molecule has 23 heavy (non-hydrogen) atoms. The predicted octanol–water partition coefficient (Wildman–Crippen LogP) is -2.72. The first kappa shape index (κ1) is 20.8. The minimum Gasteiger partial charge on any atom is -0.480 e. The summed E-state index contributed by atoms with van der Waals surface area (Å²) in [5.41, 5.74) is 10.3. The lowest BCUT2D eigenvalue weighted by molar-refractivity contribution is -0.144. The molecule has 0 saturated carbocycles. The van der Waals surface area contributed by atoms with E-state index in [9.17, 15) is 19.2 Å². The van der Waals surface area contributed by atoms with Gasteiger partial charge in [-0.1, -0.05) is 20.3 Å². The number of rotatable bonds is 10. The molecule has 0 heterocycles. The van der Waals surface area contributed by atoms with E-state index in [1.54, 1.807) is 13.8 Å². The average Bonchev–Trinajstić information content (AvgIpc) is 2.49. The van der Waals surface area contributed by atoms with E-state index in [0.29, 0.717) is 6.42 Å². The number of aliphatic carboxylic acids is 1. The van der Waals surface area contributed by atoms with Crippen LogP contribution in [0, 0.1) is 5.92 Å². The highest BCUT2D eigenvalue weighted by atomic mass is 16.4. The number of hydrogen-bond acceptors (Lipinski definition) is 6. The molecule has 0 unspecified atom stereocenters. The summed E-state index contributed by atoms with van der Waals surface area (Å²) in [6.45, 7) is 2.86. The molecule has 0 spiro atoms. The number of amides is 3. The van der Waals surface area contributed by atoms with Gasteiger partial charge in [0.2, 0.25) is 17.7 Å². The van der Waals surface area contributed by atoms with Crippen molar-refractivity contribution < 1.29 is 29.4 Å². The van der Waals surface area contributed by atoms with Crippen molar-refractivity contribution in [3.63, 3.8) is 0 Å². The molecule has 10 heteroatoms. The summed E-state index contributed by atoms with van der Waals surface area (Å²) < 4.78 is 0. The van der Waals surface area contributed by atoms with Crippen LogP contribution in [-0.4, -0.2) is 58.6 Å². The fourth-order valence-electron chi connectivity index (χ4n) is 1.71. The molecule has 8 N–H and O–H groups in total. The molecule has 3 amide bonds. The topological polar surface area (TPSA) is 185 Å². The number of primary amides is 1. The molecule has 0 saturated heterocycles. The quantitative estimate of drug-likeness (QED) is 0.251. The van der Waals surface area contributed by atoms with Crippen LogP contribution in [-0.2, 0) is 19.2 Å². The van der Waals surface area contributed by atoms with Crippen molar-refractivity contribution in [2.75, 3.05) is 6.61 Å². The molecule has 0 fully saturated rings. The van der Waals surface area contributed by atoms with E-state index in [4.69, 9.17) is 21.7 Å². The van der Waals surface area contributed by atoms with Gasteiger partial charge in [-0.05, 0) is 5.92 Å². The lowest BCUT2D eigenvalue weighted by atomic mass is 9.97. The summed E-state index contributed by atoms with van der Waals surface area (Å²) in [5, 5.41) is 22.4. The van der Waals surface area contributed by atoms with E-state index in [-0.39, 0.29) is 5.92 Å². The Labute approximate surface area is 133 Å². The number of nitrogens with one attached hydrogen (secondary N) is 2. The van der Waals surface area contributed by atoms with Gasteiger partial charge in [0.05, 0.1) is 13.0 Å². The first-order valence-electron chi connectivity index (χ1n) is 7.12. The van der Waals surface area contributed by atoms with Gasteiger partial charge >= 0.3 is 5.97 Å². The highest BCUT2D eigenvalue weighted by Crippen LogP contribution is 2.09. The third-order valence-corrected chi connectivity index (χ3v) is 3.35. The fraction of sp³-hybridized carbons (Fsp3) is 0.692. The lowest BCUT2D eigenvalue weighted by Gasteiger charge is -2.26. The van der Waals surface area contributed by atoms with Crippen molar-refractivity contribution in [1.82, 2.24) is 10.6 Å². The van der Waals surface area contributed by atoms with Crippen LogP contribution >= 0.6 is 0 Å². The van der Waals surface area contributed by atoms with Gasteiger partial charge in [-0.2, -0.15) is 0 Å². The first-order valence-corrected chi connectivity index (χ1v) is 7.12. The second-order valence-electron chi connectivity index (χ2n) is 5.23. The predicted molar refractivity (Wildman–Crippen MR) is 79.8 cm³/mol. The Morgan fingerprint density at radius 2 is 1.70 bits per heavy atom. The van der Waals surface area contributed by atoms with E-state index in [2.05, 4.69) is 10.6 Å². The van der Waals surface area contributed by atoms with Crippen LogP contribution in [0.2, 0.25) is 0 Å². The largest absolute Gasteiger partial charge is 0.480 e. The van der Waals surface area contributed by atoms with Crippen molar-refractivity contribution in [1.29, 1.82) is 0 Å². The maximum absolute atomic E-state index is 12.2. The van der Waals surface area contributed by atoms with Gasteiger partial charge in [0, 0.05) is 0 Å². The van der Waals surface area contributed by atoms with Crippen LogP contribution in [0.3, 0.4) is 0 Å². The molecule has 0 aromatic carbocycles. The van der Waals surface area contributed by atoms with E-state index in [1.807, 2.05) is 0 Å². The molecule has 0 aliphatic rings. The van der Waals surface area contributed by atoms with Gasteiger partial charge < -0.3 is 32.3 Å². The van der Waals surface area contributed by atoms with Crippen molar-refractivity contribution in [2.45, 2.75) is 44.8 Å². The average molecular weight is 332 g/mol. The Kier molecular flexibility index (Phi) is 8.81. The number of nitrogens with two attached hydrogens (primary N) is 2. The first-order chi connectivity index (χ1) is 10.6. The van der Waals surface area contributed by atoms with Crippen molar-refractivity contribution in [3.8, 4) is 0 Å². The molecule has 0 radical (unpaired) electrons. The Bertz CT molecular complexity index is 456. The minimum absolute atomic E-state index is 0.326. The third-order valence-electron chi connectivity index (χ3n) is 3.35. The van der Waals surface area contributed by atoms with Gasteiger partial charge in [-0.15, -0.1) is 0 Å². The van der Waals surface area contributed by atoms with Crippen molar-refractivity contribution >= 4 is 23.7 Å². The number of aliphatic hydroxyl groups excluding tert-OH is 1. The van der Waals surface area contributed by atoms with Gasteiger partial charge in [-0.3, -0.25) is 14.4 Å². The zero-order valence-corrected chi connectivity index (χ0v) is 13.1. The van der Waals surface area contributed by atoms with E-state index in [0.717, 1.165) is 0 Å². The number of carboxylic acid groups (broad SMARTS) is 1. The maximum atomic E-state index is 12.2. The molecular weight excluding hydrogens is 308 g/mol. The lowest BCUT2D eigenvalue weighted by Crippen LogP contribution is -2.57. The standard InChI is InChI=1S/C13H24N4O6/c1-3-6(2)10(17-11(20)7(14)5-18)12(21)16-8(13(22)23)4-9(15)19/h6-8,10,18H,3-5,14H2,1-2H3,(H2,15,19)(H,16,21)(H,17,20)(H,22,23)/t6-,7-,8-,10-/m0/s1. The number of carboxylic acids is 1. The van der Waals surface area contributed by atoms with Crippen LogP contribution in [0.5, 0.6) is 0 Å². The third kappa shape index (κ3) is 7.06. The van der Waals surface area contributed by atoms with Crippen LogP contribution < -0.4 is 22.1 Å². The van der Waals surface area contributed by atoms with E-state index >= 15 is 0 Å². The minimum atomic E-state index is -1.49. The zero-order chi connectivity index (χ0) is 18.2. The summed E-state index contributed by atoms with van der Waals surface area (Å²) in [5.74, 6) is -4.14. The Hall–Kier alpha value is -2.20. The van der Waals surface area contributed by atoms with Crippen LogP contribution in [0.15, 0.2) is 0 Å². The molecule has 4 atom stereocenters. The monoisotopic (exact) mass is 332 g/mol. The van der Waals surface area contributed by atoms with Gasteiger partial charge in [0.15, 0.2) is 0 Å². The molecule has 0 aromatic heterocycles. The van der Waals surface area contributed by atoms with Gasteiger partial charge in [0.25, 0.3) is 0 Å². The molecular formula is C13H24N4O6. The summed E-state index contributed by atoms with van der Waals surface area (Å²) in [4.78, 5) is 45.9. The SMILES string of the molecule is CC[C@H](C)[C@H](NC(=O)[C@@H](N)CO)C(=O)N[C@@H](CC(N)=O)C(=O)O. The summed E-state index contributed by atoms with van der Waals surface area (Å²) in [7, 11) is 0. The number of carbonyl (C=O) groups excluding carboxylic acids is 3. The van der Waals surface area contributed by atoms with Crippen LogP contribution in [0.25, 0.3) is 0 Å². The molecule has 0 rings (SSSR count). The number of hydrogen-bond donors (Lipinski definition) is 6. The Morgan fingerprint density at radius 3 is 2.09 bits per heavy atom. The Balaban J connectivity index is 5.09. The smallest absolute Gasteiger partial charge is 0.326 e. The molecule has 132 valence electrons. The highest BCUT2D eigenvalue weighted by Gasteiger charge is 2.31. The van der Waals surface area contributed by atoms with Crippen molar-refractivity contribution in [2.24, 2.45) is 17.4 Å². The van der Waals surface area contributed by atoms with Gasteiger partial charge in [0.1, 0.15) is 18.1 Å². The van der Waals surface area contributed by atoms with Crippen molar-refractivity contribution in [3.05, 3.63) is 0 Å². The second-order valence-corrected chi connectivity index (χ2v) is 5.23. The van der Waals surface area contributed by atoms with Crippen LogP contribution in [0.1, 0.15) is 26.7 Å². The second kappa shape index (κ2) is 9.74. The van der Waals surface area contributed by atoms with E-state index < -0.39 is 54.8 Å². The zero-order valence-electron chi connectivity index (χ0n) is 13.1. The molecule has 0 aromatic rings. The van der Waals surface area contributed by atoms with Gasteiger partial charge in [-0.25, -0.2) is 4.79 Å². The molecule has 10 nitrogen and oxygen atoms in total. The molecule has 0 bridgehead atoms. The number of aliphatic hydroxyl groups is 1. The Morgan fingerprint density at radius 1 is 1.13 bits per heavy atom. The molecule has 0 aliphatic heterocycles. The van der Waals surface area contributed by atoms with Crippen LogP contribution in [0.4, 0.5) is 0 Å². The maximum Gasteiger partial charge on any atom is 0.326 e. The number of carbonyl (C=O) groups is 4. The summed E-state index contributed by atoms with van der Waals surface area (Å²) >= 11 is 0. The highest BCUT2D eigenvalue weighted by molar-refractivity contribution is 5.93. The molecule has 0 aliphatic carbocycles. The summed E-state index contributed by atoms with van der Waals surface area (Å²) in [6, 6.07) is -3.75. The fourth-order valence-corrected chi connectivity index (χ4v) is 1.71. The normalized spacial score (nSPS) is 15.8. The van der Waals surface area contributed by atoms with E-state index in [1.165, 1.54) is 0 Å².